The molecule has 1 aliphatic heterocycles. The minimum Gasteiger partial charge on any atom is -0.362 e. The lowest BCUT2D eigenvalue weighted by atomic mass is 9.75. The first-order valence-corrected chi connectivity index (χ1v) is 10.3. The topological polar surface area (TPSA) is 71.1 Å². The molecule has 0 spiro atoms. The molecular formula is C22H23N3O2S. The first kappa shape index (κ1) is 18.6. The van der Waals surface area contributed by atoms with E-state index in [9.17, 15) is 9.59 Å². The van der Waals surface area contributed by atoms with E-state index < -0.39 is 0 Å². The number of nitrogens with one attached hydrogen (secondary N) is 2. The highest BCUT2D eigenvalue weighted by atomic mass is 32.1. The Bertz CT molecular complexity index is 987. The molecule has 28 heavy (non-hydrogen) atoms. The van der Waals surface area contributed by atoms with Crippen LogP contribution in [0.3, 0.4) is 0 Å². The van der Waals surface area contributed by atoms with E-state index in [-0.39, 0.29) is 17.6 Å². The second-order valence-electron chi connectivity index (χ2n) is 7.62. The normalized spacial score (nSPS) is 22.0. The van der Waals surface area contributed by atoms with Gasteiger partial charge in [0.1, 0.15) is 5.82 Å². The third kappa shape index (κ3) is 3.40. The molecule has 2 N–H and O–H groups in total. The second-order valence-corrected chi connectivity index (χ2v) is 8.60. The quantitative estimate of drug-likeness (QED) is 0.815. The van der Waals surface area contributed by atoms with E-state index in [1.807, 2.05) is 37.4 Å². The van der Waals surface area contributed by atoms with Gasteiger partial charge in [0.2, 0.25) is 0 Å². The number of carbonyl (C=O) groups is 2. The van der Waals surface area contributed by atoms with Crippen LogP contribution < -0.4 is 10.6 Å². The summed E-state index contributed by atoms with van der Waals surface area (Å²) in [5, 5.41) is 8.25. The fourth-order valence-electron chi connectivity index (χ4n) is 4.00. The van der Waals surface area contributed by atoms with Gasteiger partial charge in [0.05, 0.1) is 5.92 Å². The zero-order valence-electron chi connectivity index (χ0n) is 16.2. The Morgan fingerprint density at radius 3 is 2.75 bits per heavy atom. The number of Topliss-reactive ketones (excluding diaryl/α,β-unsaturated/α-hetero) is 1. The molecule has 3 heterocycles. The third-order valence-corrected chi connectivity index (χ3v) is 6.19. The number of dihydropyridines is 1. The number of allylic oxidation sites excluding steroid dienone is 3. The van der Waals surface area contributed by atoms with Crippen LogP contribution in [0.1, 0.15) is 43.0 Å². The highest BCUT2D eigenvalue weighted by molar-refractivity contribution is 7.10. The number of ketones is 1. The number of aromatic nitrogens is 1. The molecule has 6 heteroatoms. The molecule has 0 fully saturated rings. The number of pyridine rings is 1. The molecule has 4 rings (SSSR count). The third-order valence-electron chi connectivity index (χ3n) is 5.26. The molecule has 144 valence electrons. The van der Waals surface area contributed by atoms with Gasteiger partial charge in [0, 0.05) is 40.0 Å². The minimum absolute atomic E-state index is 0.130. The van der Waals surface area contributed by atoms with E-state index in [4.69, 9.17) is 0 Å². The molecule has 2 aliphatic rings. The van der Waals surface area contributed by atoms with Crippen LogP contribution in [0.4, 0.5) is 5.82 Å². The van der Waals surface area contributed by atoms with Crippen molar-refractivity contribution in [2.24, 2.45) is 5.92 Å². The lowest BCUT2D eigenvalue weighted by Crippen LogP contribution is -2.36. The van der Waals surface area contributed by atoms with Crippen molar-refractivity contribution in [1.82, 2.24) is 10.3 Å². The van der Waals surface area contributed by atoms with E-state index in [0.717, 1.165) is 33.8 Å². The maximum atomic E-state index is 13.2. The average molecular weight is 394 g/mol. The van der Waals surface area contributed by atoms with Crippen LogP contribution in [0.2, 0.25) is 0 Å². The Balaban J connectivity index is 1.74. The first-order valence-electron chi connectivity index (χ1n) is 9.45. The monoisotopic (exact) mass is 393 g/mol. The molecule has 0 radical (unpaired) electrons. The summed E-state index contributed by atoms with van der Waals surface area (Å²) >= 11 is 1.58. The highest BCUT2D eigenvalue weighted by Gasteiger charge is 2.40. The molecule has 2 aromatic rings. The largest absolute Gasteiger partial charge is 0.362 e. The molecule has 1 amide bonds. The van der Waals surface area contributed by atoms with E-state index in [0.29, 0.717) is 23.7 Å². The van der Waals surface area contributed by atoms with Crippen LogP contribution in [-0.2, 0) is 9.59 Å². The lowest BCUT2D eigenvalue weighted by molar-refractivity contribution is -0.117. The van der Waals surface area contributed by atoms with Gasteiger partial charge in [-0.15, -0.1) is 11.3 Å². The van der Waals surface area contributed by atoms with E-state index in [1.165, 1.54) is 0 Å². The minimum atomic E-state index is -0.332. The van der Waals surface area contributed by atoms with E-state index >= 15 is 0 Å². The zero-order chi connectivity index (χ0) is 19.8. The first-order chi connectivity index (χ1) is 13.4. The van der Waals surface area contributed by atoms with E-state index in [1.54, 1.807) is 23.6 Å². The van der Waals surface area contributed by atoms with Gasteiger partial charge >= 0.3 is 0 Å². The molecule has 2 atom stereocenters. The molecule has 0 bridgehead atoms. The Labute approximate surface area is 168 Å². The highest BCUT2D eigenvalue weighted by Crippen LogP contribution is 2.44. The van der Waals surface area contributed by atoms with Crippen LogP contribution in [0.5, 0.6) is 0 Å². The second kappa shape index (κ2) is 7.36. The summed E-state index contributed by atoms with van der Waals surface area (Å²) in [5.74, 6) is 0.386. The molecule has 0 aromatic carbocycles. The number of hydrogen-bond donors (Lipinski definition) is 2. The SMILES string of the molecule is CC1=C(C(=O)Nc2ccc(C)cn2)[C@@H](c2cccs2)C2=C(C[C@H](C)CC2=O)N1. The Morgan fingerprint density at radius 2 is 2.07 bits per heavy atom. The number of anilines is 1. The fraction of sp³-hybridized carbons (Fsp3) is 0.318. The maximum absolute atomic E-state index is 13.2. The van der Waals surface area contributed by atoms with Crippen LogP contribution in [0.25, 0.3) is 0 Å². The maximum Gasteiger partial charge on any atom is 0.255 e. The van der Waals surface area contributed by atoms with Crippen molar-refractivity contribution in [2.45, 2.75) is 39.5 Å². The smallest absolute Gasteiger partial charge is 0.255 e. The number of hydrogen-bond acceptors (Lipinski definition) is 5. The van der Waals surface area contributed by atoms with Crippen LogP contribution in [0, 0.1) is 12.8 Å². The fourth-order valence-corrected chi connectivity index (χ4v) is 4.84. The number of rotatable bonds is 3. The summed E-state index contributed by atoms with van der Waals surface area (Å²) in [5.41, 5.74) is 4.12. The number of aryl methyl sites for hydroxylation is 1. The van der Waals surface area contributed by atoms with Crippen molar-refractivity contribution in [3.8, 4) is 0 Å². The van der Waals surface area contributed by atoms with Gasteiger partial charge in [-0.05, 0) is 49.3 Å². The van der Waals surface area contributed by atoms with Crippen molar-refractivity contribution in [2.75, 3.05) is 5.32 Å². The molecule has 1 aliphatic carbocycles. The summed E-state index contributed by atoms with van der Waals surface area (Å²) < 4.78 is 0. The van der Waals surface area contributed by atoms with Gasteiger partial charge in [-0.25, -0.2) is 4.98 Å². The van der Waals surface area contributed by atoms with Crippen molar-refractivity contribution in [3.05, 3.63) is 68.8 Å². The molecule has 5 nitrogen and oxygen atoms in total. The van der Waals surface area contributed by atoms with Gasteiger partial charge < -0.3 is 10.6 Å². The predicted molar refractivity (Wildman–Crippen MR) is 111 cm³/mol. The van der Waals surface area contributed by atoms with Crippen molar-refractivity contribution >= 4 is 28.8 Å². The van der Waals surface area contributed by atoms with Crippen molar-refractivity contribution in [1.29, 1.82) is 0 Å². The number of carbonyl (C=O) groups excluding carboxylic acids is 2. The van der Waals surface area contributed by atoms with E-state index in [2.05, 4.69) is 22.5 Å². The molecule has 0 unspecified atom stereocenters. The summed E-state index contributed by atoms with van der Waals surface area (Å²) in [6, 6.07) is 7.66. The predicted octanol–water partition coefficient (Wildman–Crippen LogP) is 4.30. The summed E-state index contributed by atoms with van der Waals surface area (Å²) in [6.07, 6.45) is 3.07. The summed E-state index contributed by atoms with van der Waals surface area (Å²) in [4.78, 5) is 31.5. The standard InChI is InChI=1S/C22H23N3O2S/c1-12-6-7-18(23-11-12)25-22(27)19-14(3)24-15-9-13(2)10-16(26)20(15)21(19)17-5-4-8-28-17/h4-8,11,13,21,24H,9-10H2,1-3H3,(H,23,25,27)/t13-,21+/m0/s1. The number of thiophene rings is 1. The zero-order valence-corrected chi connectivity index (χ0v) is 17.0. The lowest BCUT2D eigenvalue weighted by Gasteiger charge is -2.35. The Kier molecular flexibility index (Phi) is 4.89. The Hall–Kier alpha value is -2.73. The summed E-state index contributed by atoms with van der Waals surface area (Å²) in [6.45, 7) is 5.95. The van der Waals surface area contributed by atoms with Crippen molar-refractivity contribution in [3.63, 3.8) is 0 Å². The molecule has 0 saturated heterocycles. The van der Waals surface area contributed by atoms with Gasteiger partial charge in [-0.2, -0.15) is 0 Å². The number of nitrogens with zero attached hydrogens (tertiary/aromatic N) is 1. The van der Waals surface area contributed by atoms with Crippen LogP contribution in [0.15, 0.2) is 58.4 Å². The van der Waals surface area contributed by atoms with Gasteiger partial charge in [-0.1, -0.05) is 19.1 Å². The van der Waals surface area contributed by atoms with Crippen LogP contribution >= 0.6 is 11.3 Å². The molecular weight excluding hydrogens is 370 g/mol. The number of amides is 1. The van der Waals surface area contributed by atoms with Crippen molar-refractivity contribution < 1.29 is 9.59 Å². The summed E-state index contributed by atoms with van der Waals surface area (Å²) in [7, 11) is 0. The van der Waals surface area contributed by atoms with Gasteiger partial charge in [0.25, 0.3) is 5.91 Å². The molecule has 2 aromatic heterocycles. The Morgan fingerprint density at radius 1 is 1.25 bits per heavy atom. The molecule has 0 saturated carbocycles. The van der Waals surface area contributed by atoms with Gasteiger partial charge in [-0.3, -0.25) is 9.59 Å². The van der Waals surface area contributed by atoms with Crippen LogP contribution in [-0.4, -0.2) is 16.7 Å². The average Bonchev–Trinajstić information content (AvgIpc) is 3.16. The van der Waals surface area contributed by atoms with Gasteiger partial charge in [0.15, 0.2) is 5.78 Å².